The minimum Gasteiger partial charge on any atom is -0.339 e. The molecular formula is C18H23ClN4O2. The van der Waals surface area contributed by atoms with Gasteiger partial charge in [0.25, 0.3) is 5.91 Å². The van der Waals surface area contributed by atoms with E-state index in [1.54, 1.807) is 24.3 Å². The smallest absolute Gasteiger partial charge is 0.253 e. The molecule has 25 heavy (non-hydrogen) atoms. The zero-order valence-electron chi connectivity index (χ0n) is 14.8. The lowest BCUT2D eigenvalue weighted by atomic mass is 9.97. The second-order valence-electron chi connectivity index (χ2n) is 7.34. The van der Waals surface area contributed by atoms with E-state index < -0.39 is 0 Å². The molecule has 2 aromatic rings. The van der Waals surface area contributed by atoms with Crippen LogP contribution in [0.5, 0.6) is 0 Å². The van der Waals surface area contributed by atoms with Crippen molar-refractivity contribution in [1.29, 1.82) is 0 Å². The molecule has 7 heteroatoms. The van der Waals surface area contributed by atoms with Gasteiger partial charge in [-0.1, -0.05) is 43.6 Å². The van der Waals surface area contributed by atoms with Crippen LogP contribution in [0.4, 0.5) is 0 Å². The standard InChI is InChI=1S/C18H23ClN4O2/c1-18(2,3)17-20-15(21-25-17)12-22-7-9-23(10-8-22)16(24)13-5-4-6-14(19)11-13/h4-6,11H,7-10,12H2,1-3H3. The van der Waals surface area contributed by atoms with E-state index in [-0.39, 0.29) is 11.3 Å². The van der Waals surface area contributed by atoms with E-state index in [0.29, 0.717) is 41.9 Å². The molecule has 0 spiro atoms. The molecule has 1 saturated heterocycles. The molecule has 134 valence electrons. The average Bonchev–Trinajstić information content (AvgIpc) is 3.04. The minimum atomic E-state index is -0.146. The van der Waals surface area contributed by atoms with E-state index in [4.69, 9.17) is 16.1 Å². The second-order valence-corrected chi connectivity index (χ2v) is 7.78. The Bertz CT molecular complexity index is 746. The van der Waals surface area contributed by atoms with Gasteiger partial charge in [-0.25, -0.2) is 0 Å². The van der Waals surface area contributed by atoms with Crippen molar-refractivity contribution in [3.63, 3.8) is 0 Å². The van der Waals surface area contributed by atoms with E-state index >= 15 is 0 Å². The average molecular weight is 363 g/mol. The Balaban J connectivity index is 1.55. The predicted octanol–water partition coefficient (Wildman–Crippen LogP) is 2.98. The van der Waals surface area contributed by atoms with Crippen LogP contribution in [0.1, 0.15) is 42.8 Å². The zero-order chi connectivity index (χ0) is 18.0. The van der Waals surface area contributed by atoms with Gasteiger partial charge in [0.15, 0.2) is 5.82 Å². The molecule has 0 saturated carbocycles. The fourth-order valence-electron chi connectivity index (χ4n) is 2.74. The normalized spacial score (nSPS) is 16.2. The first-order valence-corrected chi connectivity index (χ1v) is 8.81. The molecule has 0 N–H and O–H groups in total. The zero-order valence-corrected chi connectivity index (χ0v) is 15.6. The summed E-state index contributed by atoms with van der Waals surface area (Å²) < 4.78 is 5.33. The lowest BCUT2D eigenvalue weighted by Crippen LogP contribution is -2.48. The lowest BCUT2D eigenvalue weighted by molar-refractivity contribution is 0.0624. The summed E-state index contributed by atoms with van der Waals surface area (Å²) >= 11 is 5.97. The molecule has 0 aliphatic carbocycles. The molecule has 2 heterocycles. The van der Waals surface area contributed by atoms with Crippen LogP contribution in [0, 0.1) is 0 Å². The molecule has 3 rings (SSSR count). The Kier molecular flexibility index (Phi) is 5.11. The summed E-state index contributed by atoms with van der Waals surface area (Å²) in [7, 11) is 0. The third kappa shape index (κ3) is 4.38. The van der Waals surface area contributed by atoms with Crippen LogP contribution in [0.15, 0.2) is 28.8 Å². The number of hydrogen-bond donors (Lipinski definition) is 0. The predicted molar refractivity (Wildman–Crippen MR) is 95.6 cm³/mol. The van der Waals surface area contributed by atoms with Gasteiger partial charge in [-0.15, -0.1) is 0 Å². The number of rotatable bonds is 3. The summed E-state index contributed by atoms with van der Waals surface area (Å²) in [5.74, 6) is 1.37. The second kappa shape index (κ2) is 7.14. The van der Waals surface area contributed by atoms with Crippen molar-refractivity contribution in [1.82, 2.24) is 19.9 Å². The Morgan fingerprint density at radius 3 is 2.56 bits per heavy atom. The SMILES string of the molecule is CC(C)(C)c1nc(CN2CCN(C(=O)c3cccc(Cl)c3)CC2)no1. The van der Waals surface area contributed by atoms with Gasteiger partial charge in [-0.05, 0) is 18.2 Å². The van der Waals surface area contributed by atoms with Crippen LogP contribution in [-0.4, -0.2) is 52.0 Å². The third-order valence-electron chi connectivity index (χ3n) is 4.21. The molecule has 1 amide bonds. The molecule has 1 aliphatic heterocycles. The molecule has 0 unspecified atom stereocenters. The molecule has 0 bridgehead atoms. The van der Waals surface area contributed by atoms with Crippen molar-refractivity contribution in [2.24, 2.45) is 0 Å². The summed E-state index contributed by atoms with van der Waals surface area (Å²) in [4.78, 5) is 21.1. The van der Waals surface area contributed by atoms with Crippen molar-refractivity contribution >= 4 is 17.5 Å². The molecule has 0 radical (unpaired) electrons. The quantitative estimate of drug-likeness (QED) is 0.840. The van der Waals surface area contributed by atoms with Crippen LogP contribution < -0.4 is 0 Å². The molecule has 1 fully saturated rings. The van der Waals surface area contributed by atoms with Crippen molar-refractivity contribution < 1.29 is 9.32 Å². The monoisotopic (exact) mass is 362 g/mol. The molecule has 1 aromatic carbocycles. The Morgan fingerprint density at radius 2 is 1.96 bits per heavy atom. The van der Waals surface area contributed by atoms with E-state index in [2.05, 4.69) is 15.0 Å². The highest BCUT2D eigenvalue weighted by Gasteiger charge is 2.25. The van der Waals surface area contributed by atoms with Gasteiger partial charge in [0.2, 0.25) is 5.89 Å². The first kappa shape index (κ1) is 17.9. The summed E-state index contributed by atoms with van der Waals surface area (Å²) in [6.45, 7) is 9.69. The third-order valence-corrected chi connectivity index (χ3v) is 4.44. The van der Waals surface area contributed by atoms with E-state index in [0.717, 1.165) is 13.1 Å². The number of aromatic nitrogens is 2. The highest BCUT2D eigenvalue weighted by molar-refractivity contribution is 6.30. The number of benzene rings is 1. The van der Waals surface area contributed by atoms with Crippen LogP contribution in [0.2, 0.25) is 5.02 Å². The van der Waals surface area contributed by atoms with E-state index in [1.807, 2.05) is 25.7 Å². The van der Waals surface area contributed by atoms with Crippen LogP contribution in [0.25, 0.3) is 0 Å². The first-order chi connectivity index (χ1) is 11.8. The molecule has 1 aromatic heterocycles. The fourth-order valence-corrected chi connectivity index (χ4v) is 2.93. The number of carbonyl (C=O) groups excluding carboxylic acids is 1. The van der Waals surface area contributed by atoms with Gasteiger partial charge in [-0.2, -0.15) is 4.98 Å². The van der Waals surface area contributed by atoms with Crippen LogP contribution >= 0.6 is 11.6 Å². The maximum Gasteiger partial charge on any atom is 0.253 e. The summed E-state index contributed by atoms with van der Waals surface area (Å²) in [5, 5.41) is 4.65. The Morgan fingerprint density at radius 1 is 1.24 bits per heavy atom. The van der Waals surface area contributed by atoms with Crippen molar-refractivity contribution in [2.75, 3.05) is 26.2 Å². The lowest BCUT2D eigenvalue weighted by Gasteiger charge is -2.34. The van der Waals surface area contributed by atoms with Crippen molar-refractivity contribution in [2.45, 2.75) is 32.7 Å². The van der Waals surface area contributed by atoms with Gasteiger partial charge in [0.05, 0.1) is 6.54 Å². The summed E-state index contributed by atoms with van der Waals surface area (Å²) in [6, 6.07) is 7.08. The van der Waals surface area contributed by atoms with Gasteiger partial charge in [0.1, 0.15) is 0 Å². The van der Waals surface area contributed by atoms with Gasteiger partial charge in [-0.3, -0.25) is 9.69 Å². The summed E-state index contributed by atoms with van der Waals surface area (Å²) in [6.07, 6.45) is 0. The molecule has 1 aliphatic rings. The molecular weight excluding hydrogens is 340 g/mol. The summed E-state index contributed by atoms with van der Waals surface area (Å²) in [5.41, 5.74) is 0.488. The van der Waals surface area contributed by atoms with Crippen LogP contribution in [0.3, 0.4) is 0 Å². The molecule has 6 nitrogen and oxygen atoms in total. The maximum atomic E-state index is 12.5. The number of hydrogen-bond acceptors (Lipinski definition) is 5. The number of amides is 1. The fraction of sp³-hybridized carbons (Fsp3) is 0.500. The van der Waals surface area contributed by atoms with Gasteiger partial charge in [0, 0.05) is 42.2 Å². The van der Waals surface area contributed by atoms with E-state index in [9.17, 15) is 4.79 Å². The van der Waals surface area contributed by atoms with E-state index in [1.165, 1.54) is 0 Å². The largest absolute Gasteiger partial charge is 0.339 e. The number of nitrogens with zero attached hydrogens (tertiary/aromatic N) is 4. The highest BCUT2D eigenvalue weighted by Crippen LogP contribution is 2.20. The number of piperazine rings is 1. The van der Waals surface area contributed by atoms with Crippen molar-refractivity contribution in [3.05, 3.63) is 46.6 Å². The Hall–Kier alpha value is -1.92. The molecule has 0 atom stereocenters. The topological polar surface area (TPSA) is 62.5 Å². The van der Waals surface area contributed by atoms with Gasteiger partial charge < -0.3 is 9.42 Å². The van der Waals surface area contributed by atoms with Crippen LogP contribution in [-0.2, 0) is 12.0 Å². The highest BCUT2D eigenvalue weighted by atomic mass is 35.5. The van der Waals surface area contributed by atoms with Crippen molar-refractivity contribution in [3.8, 4) is 0 Å². The maximum absolute atomic E-state index is 12.5. The first-order valence-electron chi connectivity index (χ1n) is 8.43. The minimum absolute atomic E-state index is 0.0247. The Labute approximate surface area is 152 Å². The number of halogens is 1. The van der Waals surface area contributed by atoms with Gasteiger partial charge >= 0.3 is 0 Å². The number of carbonyl (C=O) groups is 1.